The van der Waals surface area contributed by atoms with Gasteiger partial charge in [0.25, 0.3) is 5.91 Å². The number of hydrogen-bond acceptors (Lipinski definition) is 2. The van der Waals surface area contributed by atoms with E-state index in [-0.39, 0.29) is 11.9 Å². The molecule has 0 fully saturated rings. The molecule has 0 aliphatic heterocycles. The van der Waals surface area contributed by atoms with Crippen LogP contribution in [0.25, 0.3) is 0 Å². The zero-order chi connectivity index (χ0) is 13.7. The van der Waals surface area contributed by atoms with Crippen LogP contribution in [0.2, 0.25) is 0 Å². The summed E-state index contributed by atoms with van der Waals surface area (Å²) < 4.78 is 0. The largest absolute Gasteiger partial charge is 0.398 e. The molecule has 3 nitrogen and oxygen atoms in total. The van der Waals surface area contributed by atoms with E-state index in [0.717, 1.165) is 18.4 Å². The van der Waals surface area contributed by atoms with Gasteiger partial charge in [-0.3, -0.25) is 4.79 Å². The molecule has 0 bridgehead atoms. The highest BCUT2D eigenvalue weighted by molar-refractivity contribution is 5.99. The van der Waals surface area contributed by atoms with Crippen LogP contribution < -0.4 is 11.1 Å². The zero-order valence-electron chi connectivity index (χ0n) is 11.8. The molecule has 1 amide bonds. The molecule has 1 atom stereocenters. The fourth-order valence-corrected chi connectivity index (χ4v) is 2.28. The lowest BCUT2D eigenvalue weighted by Crippen LogP contribution is -2.38. The van der Waals surface area contributed by atoms with E-state index >= 15 is 0 Å². The van der Waals surface area contributed by atoms with E-state index in [4.69, 9.17) is 5.73 Å². The van der Waals surface area contributed by atoms with Crippen molar-refractivity contribution < 1.29 is 4.79 Å². The summed E-state index contributed by atoms with van der Waals surface area (Å²) in [5, 5.41) is 3.05. The lowest BCUT2D eigenvalue weighted by atomic mass is 9.95. The summed E-state index contributed by atoms with van der Waals surface area (Å²) in [7, 11) is 0. The van der Waals surface area contributed by atoms with E-state index in [1.54, 1.807) is 6.07 Å². The second-order valence-corrected chi connectivity index (χ2v) is 4.87. The molecular weight excluding hydrogens is 224 g/mol. The van der Waals surface area contributed by atoms with Crippen molar-refractivity contribution in [1.29, 1.82) is 0 Å². The van der Waals surface area contributed by atoms with E-state index in [9.17, 15) is 4.79 Å². The van der Waals surface area contributed by atoms with Gasteiger partial charge in [0.05, 0.1) is 5.56 Å². The average Bonchev–Trinajstić information content (AvgIpc) is 2.34. The maximum Gasteiger partial charge on any atom is 0.253 e. The fourth-order valence-electron chi connectivity index (χ4n) is 2.28. The van der Waals surface area contributed by atoms with Crippen LogP contribution >= 0.6 is 0 Å². The molecule has 0 heterocycles. The summed E-state index contributed by atoms with van der Waals surface area (Å²) in [6.07, 6.45) is 2.14. The van der Waals surface area contributed by atoms with E-state index in [2.05, 4.69) is 26.1 Å². The van der Waals surface area contributed by atoms with Gasteiger partial charge in [0, 0.05) is 11.7 Å². The maximum absolute atomic E-state index is 12.2. The third kappa shape index (κ3) is 3.25. The Kier molecular flexibility index (Phi) is 5.20. The molecule has 3 heteroatoms. The third-order valence-electron chi connectivity index (χ3n) is 3.68. The van der Waals surface area contributed by atoms with Crippen molar-refractivity contribution in [2.75, 3.05) is 5.73 Å². The topological polar surface area (TPSA) is 55.1 Å². The lowest BCUT2D eigenvalue weighted by Gasteiger charge is -2.23. The normalized spacial score (nSPS) is 12.5. The molecule has 0 aromatic heterocycles. The maximum atomic E-state index is 12.2. The summed E-state index contributed by atoms with van der Waals surface area (Å²) in [4.78, 5) is 12.2. The number of hydrogen-bond donors (Lipinski definition) is 2. The molecule has 0 aliphatic carbocycles. The molecule has 0 saturated heterocycles. The smallest absolute Gasteiger partial charge is 0.253 e. The van der Waals surface area contributed by atoms with Gasteiger partial charge in [0.1, 0.15) is 0 Å². The fraction of sp³-hybridized carbons (Fsp3) is 0.533. The summed E-state index contributed by atoms with van der Waals surface area (Å²) in [5.74, 6) is 0.440. The minimum atomic E-state index is -0.0735. The van der Waals surface area contributed by atoms with Crippen LogP contribution in [0.5, 0.6) is 0 Å². The number of carbonyl (C=O) groups excluding carboxylic acids is 1. The Balaban J connectivity index is 2.79. The molecule has 0 saturated carbocycles. The molecule has 1 aromatic rings. The van der Waals surface area contributed by atoms with Crippen LogP contribution in [0.4, 0.5) is 5.69 Å². The second kappa shape index (κ2) is 6.43. The van der Waals surface area contributed by atoms with Gasteiger partial charge in [-0.1, -0.05) is 38.8 Å². The summed E-state index contributed by atoms with van der Waals surface area (Å²) in [6, 6.07) is 5.73. The Morgan fingerprint density at radius 1 is 1.33 bits per heavy atom. The molecule has 1 aromatic carbocycles. The first-order valence-electron chi connectivity index (χ1n) is 6.67. The number of nitrogen functional groups attached to an aromatic ring is 1. The Morgan fingerprint density at radius 3 is 2.50 bits per heavy atom. The molecule has 1 unspecified atom stereocenters. The highest BCUT2D eigenvalue weighted by Gasteiger charge is 2.18. The van der Waals surface area contributed by atoms with Crippen LogP contribution in [0.3, 0.4) is 0 Å². The first kappa shape index (κ1) is 14.6. The molecule has 0 aliphatic rings. The highest BCUT2D eigenvalue weighted by atomic mass is 16.1. The Bertz CT molecular complexity index is 411. The Hall–Kier alpha value is -1.51. The number of nitrogens with one attached hydrogen (secondary N) is 1. The summed E-state index contributed by atoms with van der Waals surface area (Å²) >= 11 is 0. The number of amides is 1. The monoisotopic (exact) mass is 248 g/mol. The number of carbonyl (C=O) groups is 1. The van der Waals surface area contributed by atoms with Gasteiger partial charge in [0.15, 0.2) is 0 Å². The number of benzene rings is 1. The van der Waals surface area contributed by atoms with Crippen LogP contribution in [-0.2, 0) is 0 Å². The van der Waals surface area contributed by atoms with Gasteiger partial charge < -0.3 is 11.1 Å². The van der Waals surface area contributed by atoms with Crippen LogP contribution in [0.15, 0.2) is 18.2 Å². The van der Waals surface area contributed by atoms with Gasteiger partial charge in [-0.25, -0.2) is 0 Å². The van der Waals surface area contributed by atoms with Gasteiger partial charge in [0.2, 0.25) is 0 Å². The number of nitrogens with two attached hydrogens (primary N) is 1. The van der Waals surface area contributed by atoms with Crippen molar-refractivity contribution in [3.63, 3.8) is 0 Å². The van der Waals surface area contributed by atoms with Crippen LogP contribution in [0.1, 0.15) is 49.5 Å². The average molecular weight is 248 g/mol. The highest BCUT2D eigenvalue weighted by Crippen LogP contribution is 2.18. The summed E-state index contributed by atoms with van der Waals surface area (Å²) in [6.45, 7) is 8.27. The van der Waals surface area contributed by atoms with Gasteiger partial charge in [-0.2, -0.15) is 0 Å². The van der Waals surface area contributed by atoms with Crippen molar-refractivity contribution in [2.24, 2.45) is 5.92 Å². The third-order valence-corrected chi connectivity index (χ3v) is 3.68. The van der Waals surface area contributed by atoms with E-state index in [1.807, 2.05) is 19.1 Å². The van der Waals surface area contributed by atoms with Crippen molar-refractivity contribution in [2.45, 2.75) is 46.6 Å². The van der Waals surface area contributed by atoms with Crippen molar-refractivity contribution in [3.8, 4) is 0 Å². The van der Waals surface area contributed by atoms with Crippen LogP contribution in [-0.4, -0.2) is 11.9 Å². The van der Waals surface area contributed by atoms with E-state index in [1.165, 1.54) is 0 Å². The standard InChI is InChI=1S/C15H24N2O/c1-5-12(6-2)11(4)17-15(18)13-9-7-8-10(3)14(13)16/h7-9,11-12H,5-6,16H2,1-4H3,(H,17,18). The number of anilines is 1. The number of para-hydroxylation sites is 1. The quantitative estimate of drug-likeness (QED) is 0.787. The molecule has 18 heavy (non-hydrogen) atoms. The summed E-state index contributed by atoms with van der Waals surface area (Å²) in [5.41, 5.74) is 8.03. The first-order chi connectivity index (χ1) is 8.51. The van der Waals surface area contributed by atoms with E-state index in [0.29, 0.717) is 17.2 Å². The predicted octanol–water partition coefficient (Wildman–Crippen LogP) is 3.13. The van der Waals surface area contributed by atoms with Crippen LogP contribution in [0, 0.1) is 12.8 Å². The van der Waals surface area contributed by atoms with Gasteiger partial charge >= 0.3 is 0 Å². The first-order valence-corrected chi connectivity index (χ1v) is 6.67. The SMILES string of the molecule is CCC(CC)C(C)NC(=O)c1cccc(C)c1N. The molecule has 1 rings (SSSR count). The Labute approximate surface area is 110 Å². The predicted molar refractivity (Wildman–Crippen MR) is 76.6 cm³/mol. The van der Waals surface area contributed by atoms with Crippen molar-refractivity contribution in [1.82, 2.24) is 5.32 Å². The molecule has 3 N–H and O–H groups in total. The molecule has 0 radical (unpaired) electrons. The molecular formula is C15H24N2O. The molecule has 100 valence electrons. The van der Waals surface area contributed by atoms with E-state index < -0.39 is 0 Å². The van der Waals surface area contributed by atoms with Crippen molar-refractivity contribution in [3.05, 3.63) is 29.3 Å². The lowest BCUT2D eigenvalue weighted by molar-refractivity contribution is 0.0926. The number of aryl methyl sites for hydroxylation is 1. The number of rotatable bonds is 5. The van der Waals surface area contributed by atoms with Crippen molar-refractivity contribution >= 4 is 11.6 Å². The minimum absolute atomic E-state index is 0.0735. The molecule has 0 spiro atoms. The Morgan fingerprint density at radius 2 is 1.94 bits per heavy atom. The minimum Gasteiger partial charge on any atom is -0.398 e. The van der Waals surface area contributed by atoms with Gasteiger partial charge in [-0.15, -0.1) is 0 Å². The van der Waals surface area contributed by atoms with Gasteiger partial charge in [-0.05, 0) is 31.4 Å². The zero-order valence-corrected chi connectivity index (χ0v) is 11.8. The second-order valence-electron chi connectivity index (χ2n) is 4.87.